The van der Waals surface area contributed by atoms with E-state index in [-0.39, 0.29) is 32.1 Å². The van der Waals surface area contributed by atoms with Crippen molar-refractivity contribution in [3.8, 4) is 0 Å². The molecule has 0 atom stereocenters. The minimum Gasteiger partial charge on any atom is -0.478 e. The van der Waals surface area contributed by atoms with Crippen molar-refractivity contribution in [1.29, 1.82) is 0 Å². The third-order valence-electron chi connectivity index (χ3n) is 2.72. The number of aromatic nitrogens is 1. The predicted octanol–water partition coefficient (Wildman–Crippen LogP) is 2.38. The van der Waals surface area contributed by atoms with Crippen LogP contribution in [0.5, 0.6) is 0 Å². The second kappa shape index (κ2) is 4.79. The molecule has 1 aromatic carbocycles. The van der Waals surface area contributed by atoms with Crippen molar-refractivity contribution in [2.45, 2.75) is 11.8 Å². The molecule has 0 radical (unpaired) electrons. The number of pyridine rings is 1. The van der Waals surface area contributed by atoms with Crippen molar-refractivity contribution in [2.75, 3.05) is 5.75 Å². The van der Waals surface area contributed by atoms with Crippen LogP contribution in [0.2, 0.25) is 5.02 Å². The molecular weight excluding hydrogens is 290 g/mol. The molecule has 1 N–H and O–H groups in total. The zero-order valence-electron chi connectivity index (χ0n) is 9.92. The number of aromatic carboxylic acids is 1. The van der Waals surface area contributed by atoms with Crippen molar-refractivity contribution in [3.05, 3.63) is 35.0 Å². The van der Waals surface area contributed by atoms with Gasteiger partial charge in [0.1, 0.15) is 0 Å². The lowest BCUT2D eigenvalue weighted by Gasteiger charge is -2.11. The average Bonchev–Trinajstić information content (AvgIpc) is 2.38. The van der Waals surface area contributed by atoms with Crippen LogP contribution >= 0.6 is 11.6 Å². The van der Waals surface area contributed by atoms with E-state index in [1.54, 1.807) is 6.07 Å². The van der Waals surface area contributed by atoms with Crippen molar-refractivity contribution in [2.24, 2.45) is 0 Å². The van der Waals surface area contributed by atoms with Crippen molar-refractivity contribution < 1.29 is 18.3 Å². The summed E-state index contributed by atoms with van der Waals surface area (Å²) in [6.45, 7) is 1.46. The van der Waals surface area contributed by atoms with Crippen molar-refractivity contribution >= 4 is 38.3 Å². The minimum atomic E-state index is -3.70. The Morgan fingerprint density at radius 1 is 1.47 bits per heavy atom. The standard InChI is InChI=1S/C12H10ClNO4S/c1-2-19(17,18)11-7-4-3-5-14-10(7)9(13)6-8(11)12(15)16/h3-6H,2H2,1H3,(H,15,16). The normalized spacial score (nSPS) is 11.7. The first-order valence-corrected chi connectivity index (χ1v) is 7.44. The van der Waals surface area contributed by atoms with Gasteiger partial charge < -0.3 is 5.11 Å². The first-order chi connectivity index (χ1) is 8.88. The smallest absolute Gasteiger partial charge is 0.337 e. The number of carboxylic acids is 1. The van der Waals surface area contributed by atoms with E-state index in [0.29, 0.717) is 0 Å². The van der Waals surface area contributed by atoms with Crippen molar-refractivity contribution in [3.63, 3.8) is 0 Å². The number of sulfone groups is 1. The maximum Gasteiger partial charge on any atom is 0.337 e. The summed E-state index contributed by atoms with van der Waals surface area (Å²) in [5.41, 5.74) is -0.0476. The van der Waals surface area contributed by atoms with Crippen LogP contribution in [0.1, 0.15) is 17.3 Å². The third-order valence-corrected chi connectivity index (χ3v) is 4.83. The monoisotopic (exact) mass is 299 g/mol. The topological polar surface area (TPSA) is 84.3 Å². The second-order valence-electron chi connectivity index (χ2n) is 3.84. The highest BCUT2D eigenvalue weighted by Crippen LogP contribution is 2.32. The van der Waals surface area contributed by atoms with E-state index in [1.165, 1.54) is 19.2 Å². The molecular formula is C12H10ClNO4S. The highest BCUT2D eigenvalue weighted by atomic mass is 35.5. The predicted molar refractivity (Wildman–Crippen MR) is 71.4 cm³/mol. The molecule has 0 aliphatic heterocycles. The zero-order valence-corrected chi connectivity index (χ0v) is 11.5. The molecule has 0 saturated heterocycles. The largest absolute Gasteiger partial charge is 0.478 e. The molecule has 2 rings (SSSR count). The number of rotatable bonds is 3. The van der Waals surface area contributed by atoms with E-state index in [4.69, 9.17) is 16.7 Å². The second-order valence-corrected chi connectivity index (χ2v) is 6.47. The summed E-state index contributed by atoms with van der Waals surface area (Å²) < 4.78 is 24.2. The highest BCUT2D eigenvalue weighted by Gasteiger charge is 2.25. The molecule has 7 heteroatoms. The van der Waals surface area contributed by atoms with Gasteiger partial charge in [0, 0.05) is 11.6 Å². The first kappa shape index (κ1) is 13.8. The van der Waals surface area contributed by atoms with E-state index in [0.717, 1.165) is 6.07 Å². The quantitative estimate of drug-likeness (QED) is 0.940. The summed E-state index contributed by atoms with van der Waals surface area (Å²) in [7, 11) is -3.70. The molecule has 0 unspecified atom stereocenters. The van der Waals surface area contributed by atoms with E-state index >= 15 is 0 Å². The van der Waals surface area contributed by atoms with Crippen LogP contribution in [-0.2, 0) is 9.84 Å². The van der Waals surface area contributed by atoms with Gasteiger partial charge in [-0.1, -0.05) is 18.5 Å². The summed E-state index contributed by atoms with van der Waals surface area (Å²) in [5.74, 6) is -1.53. The fourth-order valence-electron chi connectivity index (χ4n) is 1.82. The van der Waals surface area contributed by atoms with Gasteiger partial charge in [-0.15, -0.1) is 0 Å². The molecule has 0 aliphatic rings. The van der Waals surface area contributed by atoms with E-state index in [1.807, 2.05) is 0 Å². The minimum absolute atomic E-state index is 0.114. The van der Waals surface area contributed by atoms with Gasteiger partial charge in [0.2, 0.25) is 0 Å². The van der Waals surface area contributed by atoms with Gasteiger partial charge in [-0.2, -0.15) is 0 Å². The van der Waals surface area contributed by atoms with Crippen LogP contribution in [0, 0.1) is 0 Å². The Morgan fingerprint density at radius 3 is 2.74 bits per heavy atom. The third kappa shape index (κ3) is 2.29. The molecule has 0 bridgehead atoms. The fourth-order valence-corrected chi connectivity index (χ4v) is 3.35. The van der Waals surface area contributed by atoms with Crippen LogP contribution in [0.4, 0.5) is 0 Å². The molecule has 0 spiro atoms. The number of carboxylic acid groups (broad SMARTS) is 1. The Morgan fingerprint density at radius 2 is 2.16 bits per heavy atom. The van der Waals surface area contributed by atoms with Crippen LogP contribution < -0.4 is 0 Å². The maximum atomic E-state index is 12.1. The molecule has 100 valence electrons. The summed E-state index contributed by atoms with van der Waals surface area (Å²) in [5, 5.41) is 9.51. The lowest BCUT2D eigenvalue weighted by molar-refractivity contribution is 0.0693. The van der Waals surface area contributed by atoms with Gasteiger partial charge in [-0.05, 0) is 18.2 Å². The summed E-state index contributed by atoms with van der Waals surface area (Å²) in [6, 6.07) is 4.17. The Kier molecular flexibility index (Phi) is 3.47. The Balaban J connectivity index is 3.04. The number of nitrogens with zero attached hydrogens (tertiary/aromatic N) is 1. The number of hydrogen-bond acceptors (Lipinski definition) is 4. The number of carbonyl (C=O) groups is 1. The molecule has 0 fully saturated rings. The first-order valence-electron chi connectivity index (χ1n) is 5.41. The van der Waals surface area contributed by atoms with Crippen LogP contribution in [0.3, 0.4) is 0 Å². The fraction of sp³-hybridized carbons (Fsp3) is 0.167. The average molecular weight is 300 g/mol. The molecule has 0 amide bonds. The molecule has 0 aliphatic carbocycles. The van der Waals surface area contributed by atoms with Gasteiger partial charge in [0.25, 0.3) is 0 Å². The highest BCUT2D eigenvalue weighted by molar-refractivity contribution is 7.91. The van der Waals surface area contributed by atoms with E-state index in [2.05, 4.69) is 4.98 Å². The molecule has 5 nitrogen and oxygen atoms in total. The van der Waals surface area contributed by atoms with Gasteiger partial charge >= 0.3 is 5.97 Å². The van der Waals surface area contributed by atoms with E-state index in [9.17, 15) is 13.2 Å². The Hall–Kier alpha value is -1.66. The molecule has 1 aromatic heterocycles. The van der Waals surface area contributed by atoms with Crippen LogP contribution in [0.25, 0.3) is 10.9 Å². The van der Waals surface area contributed by atoms with Gasteiger partial charge in [-0.3, -0.25) is 4.98 Å². The van der Waals surface area contributed by atoms with Gasteiger partial charge in [0.15, 0.2) is 9.84 Å². The summed E-state index contributed by atoms with van der Waals surface area (Å²) in [4.78, 5) is 15.0. The van der Waals surface area contributed by atoms with E-state index < -0.39 is 15.8 Å². The summed E-state index contributed by atoms with van der Waals surface area (Å²) in [6.07, 6.45) is 1.47. The molecule has 1 heterocycles. The van der Waals surface area contributed by atoms with Crippen LogP contribution in [-0.4, -0.2) is 30.2 Å². The molecule has 2 aromatic rings. The molecule has 19 heavy (non-hydrogen) atoms. The number of hydrogen-bond donors (Lipinski definition) is 1. The lowest BCUT2D eigenvalue weighted by Crippen LogP contribution is -2.12. The molecule has 0 saturated carbocycles. The summed E-state index contributed by atoms with van der Waals surface area (Å²) >= 11 is 5.95. The SMILES string of the molecule is CCS(=O)(=O)c1c(C(=O)O)cc(Cl)c2ncccc12. The maximum absolute atomic E-state index is 12.1. The zero-order chi connectivity index (χ0) is 14.2. The number of halogens is 1. The number of benzene rings is 1. The van der Waals surface area contributed by atoms with Crippen LogP contribution in [0.15, 0.2) is 29.3 Å². The lowest BCUT2D eigenvalue weighted by atomic mass is 10.1. The Bertz CT molecular complexity index is 771. The van der Waals surface area contributed by atoms with Gasteiger partial charge in [0.05, 0.1) is 26.8 Å². The Labute approximate surface area is 114 Å². The number of fused-ring (bicyclic) bond motifs is 1. The van der Waals surface area contributed by atoms with Gasteiger partial charge in [-0.25, -0.2) is 13.2 Å². The van der Waals surface area contributed by atoms with Crippen molar-refractivity contribution in [1.82, 2.24) is 4.98 Å².